The molecule has 0 aliphatic carbocycles. The number of rotatable bonds is 9. The number of hydrogen-bond donors (Lipinski definition) is 1. The predicted molar refractivity (Wildman–Crippen MR) is 83.1 cm³/mol. The van der Waals surface area contributed by atoms with Crippen LogP contribution >= 0.6 is 0 Å². The molecular formula is C15H29N5O. The van der Waals surface area contributed by atoms with Crippen LogP contribution in [0.2, 0.25) is 0 Å². The Bertz CT molecular complexity index is 389. The Morgan fingerprint density at radius 1 is 1.48 bits per heavy atom. The van der Waals surface area contributed by atoms with E-state index in [1.165, 1.54) is 19.3 Å². The van der Waals surface area contributed by atoms with Gasteiger partial charge in [-0.05, 0) is 39.3 Å². The van der Waals surface area contributed by atoms with E-state index >= 15 is 0 Å². The zero-order chi connectivity index (χ0) is 14.9. The van der Waals surface area contributed by atoms with Crippen molar-refractivity contribution < 1.29 is 4.74 Å². The van der Waals surface area contributed by atoms with E-state index < -0.39 is 0 Å². The van der Waals surface area contributed by atoms with Crippen LogP contribution < -0.4 is 5.32 Å². The second kappa shape index (κ2) is 9.12. The molecule has 21 heavy (non-hydrogen) atoms. The quantitative estimate of drug-likeness (QED) is 0.696. The Balaban J connectivity index is 1.64. The van der Waals surface area contributed by atoms with E-state index in [0.29, 0.717) is 6.10 Å². The van der Waals surface area contributed by atoms with Crippen molar-refractivity contribution in [2.24, 2.45) is 0 Å². The van der Waals surface area contributed by atoms with Gasteiger partial charge < -0.3 is 15.0 Å². The molecule has 1 atom stereocenters. The molecule has 1 aliphatic rings. The molecule has 0 aromatic carbocycles. The summed E-state index contributed by atoms with van der Waals surface area (Å²) in [6.45, 7) is 7.79. The van der Waals surface area contributed by atoms with Gasteiger partial charge in [-0.15, -0.1) is 5.10 Å². The molecule has 1 aromatic rings. The van der Waals surface area contributed by atoms with Crippen molar-refractivity contribution in [3.8, 4) is 0 Å². The first kappa shape index (κ1) is 16.4. The molecule has 1 fully saturated rings. The van der Waals surface area contributed by atoms with Gasteiger partial charge in [-0.1, -0.05) is 12.1 Å². The minimum absolute atomic E-state index is 0.410. The fourth-order valence-electron chi connectivity index (χ4n) is 2.59. The normalized spacial score (nSPS) is 19.3. The van der Waals surface area contributed by atoms with Gasteiger partial charge in [0, 0.05) is 32.4 Å². The van der Waals surface area contributed by atoms with Crippen molar-refractivity contribution in [3.05, 3.63) is 11.9 Å². The van der Waals surface area contributed by atoms with Crippen LogP contribution in [0.25, 0.3) is 0 Å². The molecule has 1 aromatic heterocycles. The van der Waals surface area contributed by atoms with Crippen LogP contribution in [0, 0.1) is 0 Å². The topological polar surface area (TPSA) is 55.2 Å². The molecule has 6 heteroatoms. The summed E-state index contributed by atoms with van der Waals surface area (Å²) in [5, 5.41) is 11.7. The van der Waals surface area contributed by atoms with E-state index in [0.717, 1.165) is 51.4 Å². The van der Waals surface area contributed by atoms with Crippen LogP contribution in [0.3, 0.4) is 0 Å². The molecule has 0 saturated carbocycles. The lowest BCUT2D eigenvalue weighted by molar-refractivity contribution is -0.00194. The van der Waals surface area contributed by atoms with Crippen molar-refractivity contribution in [2.75, 3.05) is 33.3 Å². The summed E-state index contributed by atoms with van der Waals surface area (Å²) < 4.78 is 7.71. The highest BCUT2D eigenvalue weighted by Crippen LogP contribution is 2.13. The highest BCUT2D eigenvalue weighted by atomic mass is 16.5. The molecule has 1 aliphatic heterocycles. The number of aromatic nitrogens is 3. The van der Waals surface area contributed by atoms with Gasteiger partial charge in [-0.3, -0.25) is 4.68 Å². The fraction of sp³-hybridized carbons (Fsp3) is 0.867. The lowest BCUT2D eigenvalue weighted by Gasteiger charge is -2.27. The summed E-state index contributed by atoms with van der Waals surface area (Å²) in [4.78, 5) is 2.33. The Labute approximate surface area is 127 Å². The monoisotopic (exact) mass is 295 g/mol. The first-order chi connectivity index (χ1) is 10.3. The third-order valence-electron chi connectivity index (χ3n) is 3.82. The van der Waals surface area contributed by atoms with Gasteiger partial charge in [0.2, 0.25) is 0 Å². The Hall–Kier alpha value is -0.980. The largest absolute Gasteiger partial charge is 0.377 e. The summed E-state index contributed by atoms with van der Waals surface area (Å²) in [6.07, 6.45) is 7.30. The van der Waals surface area contributed by atoms with Crippen LogP contribution in [0.5, 0.6) is 0 Å². The van der Waals surface area contributed by atoms with Gasteiger partial charge in [0.15, 0.2) is 0 Å². The van der Waals surface area contributed by atoms with Crippen molar-refractivity contribution in [1.29, 1.82) is 0 Å². The predicted octanol–water partition coefficient (Wildman–Crippen LogP) is 1.28. The van der Waals surface area contributed by atoms with Crippen LogP contribution in [0.1, 0.15) is 38.3 Å². The smallest absolute Gasteiger partial charge is 0.0964 e. The Morgan fingerprint density at radius 3 is 3.14 bits per heavy atom. The number of hydrogen-bond acceptors (Lipinski definition) is 5. The van der Waals surface area contributed by atoms with E-state index in [2.05, 4.69) is 34.5 Å². The standard InChI is InChI=1S/C15H29N5O/c1-3-7-16-11-14-12-20(18-17-14)9-8-19(2)13-15-6-4-5-10-21-15/h12,15-16H,3-11,13H2,1-2H3. The van der Waals surface area contributed by atoms with Gasteiger partial charge in [-0.25, -0.2) is 0 Å². The maximum absolute atomic E-state index is 5.77. The van der Waals surface area contributed by atoms with Crippen molar-refractivity contribution in [3.63, 3.8) is 0 Å². The van der Waals surface area contributed by atoms with E-state index in [9.17, 15) is 0 Å². The maximum Gasteiger partial charge on any atom is 0.0964 e. The minimum Gasteiger partial charge on any atom is -0.377 e. The molecule has 0 bridgehead atoms. The molecule has 120 valence electrons. The molecule has 1 unspecified atom stereocenters. The molecular weight excluding hydrogens is 266 g/mol. The summed E-state index contributed by atoms with van der Waals surface area (Å²) >= 11 is 0. The average molecular weight is 295 g/mol. The summed E-state index contributed by atoms with van der Waals surface area (Å²) in [7, 11) is 2.15. The van der Waals surface area contributed by atoms with E-state index in [4.69, 9.17) is 4.74 Å². The van der Waals surface area contributed by atoms with Crippen molar-refractivity contribution in [1.82, 2.24) is 25.2 Å². The van der Waals surface area contributed by atoms with Gasteiger partial charge in [0.25, 0.3) is 0 Å². The number of nitrogens with one attached hydrogen (secondary N) is 1. The first-order valence-corrected chi connectivity index (χ1v) is 8.18. The van der Waals surface area contributed by atoms with E-state index in [1.807, 2.05) is 10.9 Å². The maximum atomic E-state index is 5.77. The highest BCUT2D eigenvalue weighted by molar-refractivity contribution is 4.91. The third kappa shape index (κ3) is 6.11. The van der Waals surface area contributed by atoms with Gasteiger partial charge in [-0.2, -0.15) is 0 Å². The Morgan fingerprint density at radius 2 is 2.38 bits per heavy atom. The summed E-state index contributed by atoms with van der Waals surface area (Å²) in [5.74, 6) is 0. The van der Waals surface area contributed by atoms with Crippen molar-refractivity contribution >= 4 is 0 Å². The molecule has 2 heterocycles. The van der Waals surface area contributed by atoms with Crippen LogP contribution in [-0.4, -0.2) is 59.3 Å². The average Bonchev–Trinajstić information content (AvgIpc) is 2.94. The molecule has 2 rings (SSSR count). The first-order valence-electron chi connectivity index (χ1n) is 8.18. The zero-order valence-corrected chi connectivity index (χ0v) is 13.4. The lowest BCUT2D eigenvalue weighted by atomic mass is 10.1. The summed E-state index contributed by atoms with van der Waals surface area (Å²) in [6, 6.07) is 0. The third-order valence-corrected chi connectivity index (χ3v) is 3.82. The number of ether oxygens (including phenoxy) is 1. The van der Waals surface area contributed by atoms with Crippen LogP contribution in [0.15, 0.2) is 6.20 Å². The summed E-state index contributed by atoms with van der Waals surface area (Å²) in [5.41, 5.74) is 1.02. The van der Waals surface area contributed by atoms with Crippen LogP contribution in [-0.2, 0) is 17.8 Å². The molecule has 0 spiro atoms. The highest BCUT2D eigenvalue weighted by Gasteiger charge is 2.15. The molecule has 0 amide bonds. The second-order valence-corrected chi connectivity index (χ2v) is 5.90. The molecule has 1 N–H and O–H groups in total. The lowest BCUT2D eigenvalue weighted by Crippen LogP contribution is -2.35. The van der Waals surface area contributed by atoms with E-state index in [-0.39, 0.29) is 0 Å². The van der Waals surface area contributed by atoms with Gasteiger partial charge in [0.05, 0.1) is 18.3 Å². The molecule has 0 radical (unpaired) electrons. The van der Waals surface area contributed by atoms with Gasteiger partial charge in [0.1, 0.15) is 0 Å². The van der Waals surface area contributed by atoms with Gasteiger partial charge >= 0.3 is 0 Å². The zero-order valence-electron chi connectivity index (χ0n) is 13.4. The van der Waals surface area contributed by atoms with Crippen molar-refractivity contribution in [2.45, 2.75) is 51.8 Å². The fourth-order valence-corrected chi connectivity index (χ4v) is 2.59. The number of likely N-dealkylation sites (N-methyl/N-ethyl adjacent to an activating group) is 1. The molecule has 1 saturated heterocycles. The molecule has 6 nitrogen and oxygen atoms in total. The van der Waals surface area contributed by atoms with Crippen LogP contribution in [0.4, 0.5) is 0 Å². The second-order valence-electron chi connectivity index (χ2n) is 5.90. The SMILES string of the molecule is CCCNCc1cn(CCN(C)CC2CCCCO2)nn1. The minimum atomic E-state index is 0.410. The Kier molecular flexibility index (Phi) is 7.12. The number of nitrogens with zero attached hydrogens (tertiary/aromatic N) is 4. The van der Waals surface area contributed by atoms with E-state index in [1.54, 1.807) is 0 Å².